The molecule has 1 unspecified atom stereocenters. The Labute approximate surface area is 187 Å². The first-order valence-electron chi connectivity index (χ1n) is 10.4. The minimum absolute atomic E-state index is 0.00352. The molecule has 3 atom stereocenters. The fourth-order valence-electron chi connectivity index (χ4n) is 4.43. The van der Waals surface area contributed by atoms with Crippen molar-refractivity contribution >= 4 is 41.2 Å². The van der Waals surface area contributed by atoms with Gasteiger partial charge in [0.2, 0.25) is 17.7 Å². The molecule has 3 N–H and O–H groups in total. The van der Waals surface area contributed by atoms with E-state index >= 15 is 0 Å². The molecular weight excluding hydrogens is 436 g/mol. The van der Waals surface area contributed by atoms with E-state index < -0.39 is 53.7 Å². The number of benzene rings is 1. The Morgan fingerprint density at radius 3 is 2.67 bits per heavy atom. The van der Waals surface area contributed by atoms with E-state index in [4.69, 9.17) is 4.74 Å². The van der Waals surface area contributed by atoms with Crippen molar-refractivity contribution in [1.82, 2.24) is 15.1 Å². The highest BCUT2D eigenvalue weighted by Crippen LogP contribution is 2.32. The second-order valence-electron chi connectivity index (χ2n) is 8.08. The SMILES string of the molecule is COC(=O)[C@@H]1C[C@@H](O)CN1CC(=O)Nc1cccc2c1C(=O)N(C1CCC(=O)NC1=O)C2=O. The molecule has 3 aliphatic heterocycles. The lowest BCUT2D eigenvalue weighted by atomic mass is 10.0. The summed E-state index contributed by atoms with van der Waals surface area (Å²) in [6.07, 6.45) is -0.640. The van der Waals surface area contributed by atoms with Crippen molar-refractivity contribution in [2.45, 2.75) is 37.5 Å². The first kappa shape index (κ1) is 22.6. The largest absolute Gasteiger partial charge is 0.468 e. The Morgan fingerprint density at radius 2 is 1.97 bits per heavy atom. The van der Waals surface area contributed by atoms with E-state index in [1.807, 2.05) is 0 Å². The van der Waals surface area contributed by atoms with Gasteiger partial charge in [-0.05, 0) is 18.6 Å². The molecule has 0 aromatic heterocycles. The van der Waals surface area contributed by atoms with Crippen LogP contribution in [0.4, 0.5) is 5.69 Å². The van der Waals surface area contributed by atoms with Gasteiger partial charge in [0.15, 0.2) is 0 Å². The number of ether oxygens (including phenoxy) is 1. The number of carbonyl (C=O) groups is 6. The molecule has 2 fully saturated rings. The summed E-state index contributed by atoms with van der Waals surface area (Å²) in [5, 5.41) is 14.6. The number of piperidine rings is 1. The molecule has 12 heteroatoms. The minimum Gasteiger partial charge on any atom is -0.468 e. The summed E-state index contributed by atoms with van der Waals surface area (Å²) in [7, 11) is 1.22. The van der Waals surface area contributed by atoms with Crippen molar-refractivity contribution in [3.05, 3.63) is 29.3 Å². The van der Waals surface area contributed by atoms with Crippen LogP contribution < -0.4 is 10.6 Å². The van der Waals surface area contributed by atoms with Crippen molar-refractivity contribution < 1.29 is 38.6 Å². The molecule has 0 saturated carbocycles. The average Bonchev–Trinajstić information content (AvgIpc) is 3.25. The van der Waals surface area contributed by atoms with Crippen LogP contribution in [0, 0.1) is 0 Å². The number of amides is 5. The average molecular weight is 458 g/mol. The zero-order chi connectivity index (χ0) is 23.9. The maximum atomic E-state index is 13.1. The van der Waals surface area contributed by atoms with Gasteiger partial charge in [-0.1, -0.05) is 6.07 Å². The van der Waals surface area contributed by atoms with Crippen molar-refractivity contribution in [3.63, 3.8) is 0 Å². The number of anilines is 1. The molecule has 174 valence electrons. The summed E-state index contributed by atoms with van der Waals surface area (Å²) in [4.78, 5) is 76.5. The Hall–Kier alpha value is -3.64. The van der Waals surface area contributed by atoms with E-state index in [1.165, 1.54) is 30.2 Å². The smallest absolute Gasteiger partial charge is 0.323 e. The van der Waals surface area contributed by atoms with Gasteiger partial charge in [0.1, 0.15) is 12.1 Å². The van der Waals surface area contributed by atoms with E-state index in [2.05, 4.69) is 10.6 Å². The number of esters is 1. The summed E-state index contributed by atoms with van der Waals surface area (Å²) in [6.45, 7) is -0.153. The van der Waals surface area contributed by atoms with Crippen LogP contribution in [-0.2, 0) is 23.9 Å². The van der Waals surface area contributed by atoms with Gasteiger partial charge in [-0.2, -0.15) is 0 Å². The van der Waals surface area contributed by atoms with E-state index in [0.29, 0.717) is 0 Å². The van der Waals surface area contributed by atoms with E-state index in [9.17, 15) is 33.9 Å². The summed E-state index contributed by atoms with van der Waals surface area (Å²) >= 11 is 0. The lowest BCUT2D eigenvalue weighted by molar-refractivity contribution is -0.146. The lowest BCUT2D eigenvalue weighted by Gasteiger charge is -2.27. The van der Waals surface area contributed by atoms with Crippen molar-refractivity contribution in [1.29, 1.82) is 0 Å². The van der Waals surface area contributed by atoms with Crippen molar-refractivity contribution in [2.24, 2.45) is 0 Å². The van der Waals surface area contributed by atoms with Gasteiger partial charge in [-0.15, -0.1) is 0 Å². The van der Waals surface area contributed by atoms with Gasteiger partial charge >= 0.3 is 5.97 Å². The molecule has 3 heterocycles. The zero-order valence-corrected chi connectivity index (χ0v) is 17.7. The highest BCUT2D eigenvalue weighted by atomic mass is 16.5. The Balaban J connectivity index is 1.52. The van der Waals surface area contributed by atoms with Gasteiger partial charge in [0.25, 0.3) is 11.8 Å². The highest BCUT2D eigenvalue weighted by Gasteiger charge is 2.46. The molecule has 2 saturated heterocycles. The molecule has 33 heavy (non-hydrogen) atoms. The summed E-state index contributed by atoms with van der Waals surface area (Å²) in [5.74, 6) is -3.77. The number of methoxy groups -OCH3 is 1. The number of hydrogen-bond donors (Lipinski definition) is 3. The molecule has 0 aliphatic carbocycles. The van der Waals surface area contributed by atoms with Crippen LogP contribution in [0.2, 0.25) is 0 Å². The standard InChI is InChI=1S/C21H22N4O8/c1-33-21(32)14-7-10(26)8-24(14)9-16(28)22-12-4-2-3-11-17(12)20(31)25(19(11)30)13-5-6-15(27)23-18(13)29/h2-4,10,13-14,26H,5-9H2,1H3,(H,22,28)(H,23,27,29)/t10-,13?,14+/m1/s1. The van der Waals surface area contributed by atoms with Gasteiger partial charge in [0, 0.05) is 19.4 Å². The number of rotatable bonds is 5. The number of β-amino-alcohol motifs (C(OH)–C–C–N with tert-alkyl or cyclic N) is 1. The van der Waals surface area contributed by atoms with Crippen LogP contribution in [0.15, 0.2) is 18.2 Å². The normalized spacial score (nSPS) is 25.2. The summed E-state index contributed by atoms with van der Waals surface area (Å²) in [5.41, 5.74) is 0.0677. The lowest BCUT2D eigenvalue weighted by Crippen LogP contribution is -2.54. The first-order chi connectivity index (χ1) is 15.7. The number of fused-ring (bicyclic) bond motifs is 1. The minimum atomic E-state index is -1.12. The maximum absolute atomic E-state index is 13.1. The third-order valence-electron chi connectivity index (χ3n) is 5.94. The predicted molar refractivity (Wildman–Crippen MR) is 110 cm³/mol. The van der Waals surface area contributed by atoms with Gasteiger partial charge < -0.3 is 15.2 Å². The third-order valence-corrected chi connectivity index (χ3v) is 5.94. The fraction of sp³-hybridized carbons (Fsp3) is 0.429. The van der Waals surface area contributed by atoms with Crippen molar-refractivity contribution in [3.8, 4) is 0 Å². The van der Waals surface area contributed by atoms with Gasteiger partial charge in [0.05, 0.1) is 36.6 Å². The molecule has 12 nitrogen and oxygen atoms in total. The number of likely N-dealkylation sites (tertiary alicyclic amines) is 1. The number of nitrogens with one attached hydrogen (secondary N) is 2. The van der Waals surface area contributed by atoms with E-state index in [-0.39, 0.29) is 49.2 Å². The van der Waals surface area contributed by atoms with E-state index in [1.54, 1.807) is 0 Å². The number of aliphatic hydroxyl groups excluding tert-OH is 1. The van der Waals surface area contributed by atoms with E-state index in [0.717, 1.165) is 4.90 Å². The first-order valence-corrected chi connectivity index (χ1v) is 10.4. The number of carbonyl (C=O) groups excluding carboxylic acids is 6. The zero-order valence-electron chi connectivity index (χ0n) is 17.7. The topological polar surface area (TPSA) is 162 Å². The summed E-state index contributed by atoms with van der Waals surface area (Å²) < 4.78 is 4.72. The Morgan fingerprint density at radius 1 is 1.21 bits per heavy atom. The molecule has 0 radical (unpaired) electrons. The van der Waals surface area contributed by atoms with Crippen molar-refractivity contribution in [2.75, 3.05) is 25.5 Å². The molecule has 0 spiro atoms. The van der Waals surface area contributed by atoms with Crippen LogP contribution in [0.25, 0.3) is 0 Å². The Bertz CT molecular complexity index is 1070. The quantitative estimate of drug-likeness (QED) is 0.357. The number of imide groups is 2. The van der Waals surface area contributed by atoms with Crippen LogP contribution in [0.1, 0.15) is 40.0 Å². The molecule has 1 aromatic rings. The molecule has 3 aliphatic rings. The third kappa shape index (κ3) is 4.10. The number of hydrogen-bond acceptors (Lipinski definition) is 9. The Kier molecular flexibility index (Phi) is 5.95. The fourth-order valence-corrected chi connectivity index (χ4v) is 4.43. The van der Waals surface area contributed by atoms with Crippen LogP contribution >= 0.6 is 0 Å². The van der Waals surface area contributed by atoms with Gasteiger partial charge in [-0.3, -0.25) is 43.9 Å². The van der Waals surface area contributed by atoms with Crippen LogP contribution in [-0.4, -0.2) is 88.8 Å². The second kappa shape index (κ2) is 8.71. The molecule has 1 aromatic carbocycles. The predicted octanol–water partition coefficient (Wildman–Crippen LogP) is -1.37. The molecule has 0 bridgehead atoms. The molecule has 4 rings (SSSR count). The molecule has 5 amide bonds. The summed E-state index contributed by atoms with van der Waals surface area (Å²) in [6, 6.07) is 2.46. The highest BCUT2D eigenvalue weighted by molar-refractivity contribution is 6.26. The maximum Gasteiger partial charge on any atom is 0.323 e. The second-order valence-corrected chi connectivity index (χ2v) is 8.08. The number of nitrogens with zero attached hydrogens (tertiary/aromatic N) is 2. The number of aliphatic hydroxyl groups is 1. The molecular formula is C21H22N4O8. The monoisotopic (exact) mass is 458 g/mol. The van der Waals surface area contributed by atoms with Crippen LogP contribution in [0.3, 0.4) is 0 Å². The van der Waals surface area contributed by atoms with Crippen LogP contribution in [0.5, 0.6) is 0 Å². The van der Waals surface area contributed by atoms with Gasteiger partial charge in [-0.25, -0.2) is 0 Å².